The lowest BCUT2D eigenvalue weighted by Crippen LogP contribution is -2.50. The van der Waals surface area contributed by atoms with Gasteiger partial charge in [-0.25, -0.2) is 0 Å². The summed E-state index contributed by atoms with van der Waals surface area (Å²) in [7, 11) is 0. The monoisotopic (exact) mass is 254 g/mol. The SMILES string of the molecule is Cl.Cl.N[C@@H]1CCCC[C@H]1NC1CCCC1. The standard InChI is InChI=1S/C11H22N2.2ClH/c12-10-7-3-4-8-11(10)13-9-5-1-2-6-9;;/h9-11,13H,1-8,12H2;2*1H/t10-,11-;;/m1../s1. The van der Waals surface area contributed by atoms with Crippen LogP contribution in [-0.4, -0.2) is 18.1 Å². The molecule has 92 valence electrons. The smallest absolute Gasteiger partial charge is 0.0221 e. The Kier molecular flexibility index (Phi) is 7.98. The van der Waals surface area contributed by atoms with Gasteiger partial charge < -0.3 is 11.1 Å². The summed E-state index contributed by atoms with van der Waals surface area (Å²) >= 11 is 0. The third kappa shape index (κ3) is 4.48. The van der Waals surface area contributed by atoms with Gasteiger partial charge in [-0.05, 0) is 25.7 Å². The van der Waals surface area contributed by atoms with Crippen LogP contribution in [0.5, 0.6) is 0 Å². The molecular formula is C11H24Cl2N2. The second-order valence-electron chi connectivity index (χ2n) is 4.70. The first kappa shape index (κ1) is 15.5. The van der Waals surface area contributed by atoms with Crippen LogP contribution in [0.2, 0.25) is 0 Å². The molecule has 0 saturated heterocycles. The Bertz CT molecular complexity index is 161. The van der Waals surface area contributed by atoms with Crippen molar-refractivity contribution in [2.24, 2.45) is 5.73 Å². The molecule has 4 heteroatoms. The molecule has 2 rings (SSSR count). The molecule has 2 fully saturated rings. The maximum Gasteiger partial charge on any atom is 0.0221 e. The van der Waals surface area contributed by atoms with E-state index in [0.29, 0.717) is 12.1 Å². The third-order valence-electron chi connectivity index (χ3n) is 3.62. The molecule has 15 heavy (non-hydrogen) atoms. The van der Waals surface area contributed by atoms with Crippen molar-refractivity contribution >= 4 is 24.8 Å². The van der Waals surface area contributed by atoms with E-state index in [4.69, 9.17) is 5.73 Å². The Labute approximate surface area is 106 Å². The Balaban J connectivity index is 0.000000980. The first-order valence-corrected chi connectivity index (χ1v) is 5.88. The molecule has 0 unspecified atom stereocenters. The molecule has 0 aromatic rings. The Morgan fingerprint density at radius 3 is 1.93 bits per heavy atom. The number of hydrogen-bond donors (Lipinski definition) is 2. The molecule has 0 amide bonds. The molecule has 2 nitrogen and oxygen atoms in total. The zero-order valence-electron chi connectivity index (χ0n) is 9.28. The van der Waals surface area contributed by atoms with Gasteiger partial charge in [0.2, 0.25) is 0 Å². The topological polar surface area (TPSA) is 38.0 Å². The molecular weight excluding hydrogens is 231 g/mol. The van der Waals surface area contributed by atoms with Crippen LogP contribution in [0.3, 0.4) is 0 Å². The lowest BCUT2D eigenvalue weighted by molar-refractivity contribution is 0.300. The van der Waals surface area contributed by atoms with Gasteiger partial charge in [-0.15, -0.1) is 24.8 Å². The molecule has 2 aliphatic carbocycles. The van der Waals surface area contributed by atoms with Crippen molar-refractivity contribution in [3.8, 4) is 0 Å². The first-order chi connectivity index (χ1) is 6.36. The predicted molar refractivity (Wildman–Crippen MR) is 70.1 cm³/mol. The minimum Gasteiger partial charge on any atom is -0.326 e. The molecule has 0 heterocycles. The Morgan fingerprint density at radius 2 is 1.33 bits per heavy atom. The van der Waals surface area contributed by atoms with Crippen molar-refractivity contribution in [3.05, 3.63) is 0 Å². The summed E-state index contributed by atoms with van der Waals surface area (Å²) in [4.78, 5) is 0. The third-order valence-corrected chi connectivity index (χ3v) is 3.62. The van der Waals surface area contributed by atoms with E-state index in [0.717, 1.165) is 6.04 Å². The molecule has 2 aliphatic rings. The van der Waals surface area contributed by atoms with Crippen LogP contribution in [-0.2, 0) is 0 Å². The minimum absolute atomic E-state index is 0. The van der Waals surface area contributed by atoms with Crippen LogP contribution in [0.15, 0.2) is 0 Å². The normalized spacial score (nSPS) is 31.8. The van der Waals surface area contributed by atoms with E-state index in [1.165, 1.54) is 51.4 Å². The van der Waals surface area contributed by atoms with E-state index in [9.17, 15) is 0 Å². The molecule has 0 aromatic heterocycles. The van der Waals surface area contributed by atoms with Gasteiger partial charge in [0.05, 0.1) is 0 Å². The lowest BCUT2D eigenvalue weighted by atomic mass is 9.90. The van der Waals surface area contributed by atoms with Crippen molar-refractivity contribution in [1.29, 1.82) is 0 Å². The summed E-state index contributed by atoms with van der Waals surface area (Å²) in [6, 6.07) is 1.83. The Hall–Kier alpha value is 0.500. The van der Waals surface area contributed by atoms with Gasteiger partial charge in [-0.1, -0.05) is 25.7 Å². The number of nitrogens with two attached hydrogens (primary N) is 1. The van der Waals surface area contributed by atoms with Gasteiger partial charge in [0.1, 0.15) is 0 Å². The zero-order chi connectivity index (χ0) is 9.10. The van der Waals surface area contributed by atoms with Crippen LogP contribution in [0.25, 0.3) is 0 Å². The fourth-order valence-corrected chi connectivity index (χ4v) is 2.76. The van der Waals surface area contributed by atoms with Crippen molar-refractivity contribution in [2.75, 3.05) is 0 Å². The highest BCUT2D eigenvalue weighted by molar-refractivity contribution is 5.85. The molecule has 2 atom stereocenters. The summed E-state index contributed by atoms with van der Waals surface area (Å²) < 4.78 is 0. The summed E-state index contributed by atoms with van der Waals surface area (Å²) in [5.41, 5.74) is 6.09. The molecule has 3 N–H and O–H groups in total. The van der Waals surface area contributed by atoms with Gasteiger partial charge in [-0.2, -0.15) is 0 Å². The fourth-order valence-electron chi connectivity index (χ4n) is 2.76. The van der Waals surface area contributed by atoms with E-state index in [1.807, 2.05) is 0 Å². The summed E-state index contributed by atoms with van der Waals surface area (Å²) in [5, 5.41) is 3.74. The molecule has 0 aliphatic heterocycles. The maximum absolute atomic E-state index is 6.09. The molecule has 0 spiro atoms. The zero-order valence-corrected chi connectivity index (χ0v) is 10.9. The summed E-state index contributed by atoms with van der Waals surface area (Å²) in [6.07, 6.45) is 10.8. The second kappa shape index (κ2) is 7.72. The molecule has 0 aromatic carbocycles. The van der Waals surface area contributed by atoms with E-state index in [-0.39, 0.29) is 24.8 Å². The van der Waals surface area contributed by atoms with Crippen molar-refractivity contribution in [1.82, 2.24) is 5.32 Å². The molecule has 0 radical (unpaired) electrons. The van der Waals surface area contributed by atoms with E-state index < -0.39 is 0 Å². The molecule has 0 bridgehead atoms. The summed E-state index contributed by atoms with van der Waals surface area (Å²) in [5.74, 6) is 0. The van der Waals surface area contributed by atoms with E-state index in [1.54, 1.807) is 0 Å². The average Bonchev–Trinajstić information content (AvgIpc) is 2.61. The molecule has 2 saturated carbocycles. The number of hydrogen-bond acceptors (Lipinski definition) is 2. The lowest BCUT2D eigenvalue weighted by Gasteiger charge is -2.31. The van der Waals surface area contributed by atoms with Crippen LogP contribution in [0.1, 0.15) is 51.4 Å². The number of rotatable bonds is 2. The highest BCUT2D eigenvalue weighted by Gasteiger charge is 2.25. The average molecular weight is 255 g/mol. The van der Waals surface area contributed by atoms with Gasteiger partial charge in [0, 0.05) is 18.1 Å². The van der Waals surface area contributed by atoms with Gasteiger partial charge in [0.25, 0.3) is 0 Å². The van der Waals surface area contributed by atoms with E-state index in [2.05, 4.69) is 5.32 Å². The minimum atomic E-state index is 0. The van der Waals surface area contributed by atoms with Crippen LogP contribution in [0.4, 0.5) is 0 Å². The highest BCUT2D eigenvalue weighted by atomic mass is 35.5. The van der Waals surface area contributed by atoms with E-state index >= 15 is 0 Å². The van der Waals surface area contributed by atoms with Crippen LogP contribution >= 0.6 is 24.8 Å². The second-order valence-corrected chi connectivity index (χ2v) is 4.70. The predicted octanol–water partition coefficient (Wildman–Crippen LogP) is 2.63. The largest absolute Gasteiger partial charge is 0.326 e. The highest BCUT2D eigenvalue weighted by Crippen LogP contribution is 2.22. The van der Waals surface area contributed by atoms with Crippen LogP contribution in [0, 0.1) is 0 Å². The van der Waals surface area contributed by atoms with Gasteiger partial charge >= 0.3 is 0 Å². The van der Waals surface area contributed by atoms with Crippen molar-refractivity contribution < 1.29 is 0 Å². The van der Waals surface area contributed by atoms with Gasteiger partial charge in [0.15, 0.2) is 0 Å². The fraction of sp³-hybridized carbons (Fsp3) is 1.00. The quantitative estimate of drug-likeness (QED) is 0.796. The van der Waals surface area contributed by atoms with Crippen molar-refractivity contribution in [2.45, 2.75) is 69.5 Å². The van der Waals surface area contributed by atoms with Gasteiger partial charge in [-0.3, -0.25) is 0 Å². The number of halogens is 2. The Morgan fingerprint density at radius 1 is 0.800 bits per heavy atom. The number of nitrogens with one attached hydrogen (secondary N) is 1. The maximum atomic E-state index is 6.09. The first-order valence-electron chi connectivity index (χ1n) is 5.88. The van der Waals surface area contributed by atoms with Crippen molar-refractivity contribution in [3.63, 3.8) is 0 Å². The van der Waals surface area contributed by atoms with Crippen LogP contribution < -0.4 is 11.1 Å². The summed E-state index contributed by atoms with van der Waals surface area (Å²) in [6.45, 7) is 0.